The molecule has 184 valence electrons. The first-order valence-corrected chi connectivity index (χ1v) is 11.9. The number of carbonyl (C=O) groups excluding carboxylic acids is 2. The van der Waals surface area contributed by atoms with Gasteiger partial charge in [-0.1, -0.05) is 57.6 Å². The number of ketones is 1. The average molecular weight is 567 g/mol. The molecule has 0 fully saturated rings. The van der Waals surface area contributed by atoms with Crippen LogP contribution in [0.1, 0.15) is 17.3 Å². The lowest BCUT2D eigenvalue weighted by Crippen LogP contribution is -2.43. The topological polar surface area (TPSA) is 76.3 Å². The number of amides is 1. The van der Waals surface area contributed by atoms with Crippen LogP contribution < -0.4 is 4.90 Å². The molecular formula is C25H16Cl4FN3O3. The normalized spacial score (nSPS) is 11.4. The van der Waals surface area contributed by atoms with Crippen LogP contribution in [0, 0.1) is 5.82 Å². The number of rotatable bonds is 7. The minimum absolute atomic E-state index is 0.0858. The van der Waals surface area contributed by atoms with Crippen LogP contribution in [0.2, 0.25) is 10.0 Å². The third-order valence-electron chi connectivity index (χ3n) is 5.21. The standard InChI is InChI=1S/C25H16Cl4FN3O3/c1-14(34)33(13-25(28,29)23(35)15-7-9-16(30)10-8-15)24-17(4-3-11-31-24)21-12-20(32-36-21)22-18(26)5-2-6-19(22)27/h2-12H,13H2,1H3. The van der Waals surface area contributed by atoms with Gasteiger partial charge in [0.15, 0.2) is 10.1 Å². The summed E-state index contributed by atoms with van der Waals surface area (Å²) in [6.45, 7) is 0.836. The number of alkyl halides is 2. The average Bonchev–Trinajstić information content (AvgIpc) is 3.32. The van der Waals surface area contributed by atoms with E-state index in [0.717, 1.165) is 17.0 Å². The molecule has 0 N–H and O–H groups in total. The molecule has 0 aliphatic carbocycles. The second kappa shape index (κ2) is 10.6. The molecule has 0 saturated carbocycles. The number of hydrogen-bond donors (Lipinski definition) is 0. The van der Waals surface area contributed by atoms with Crippen LogP contribution in [-0.2, 0) is 4.79 Å². The Morgan fingerprint density at radius 3 is 2.33 bits per heavy atom. The number of aromatic nitrogens is 2. The Morgan fingerprint density at radius 2 is 1.69 bits per heavy atom. The van der Waals surface area contributed by atoms with Gasteiger partial charge in [-0.15, -0.1) is 0 Å². The maximum absolute atomic E-state index is 13.3. The first-order valence-electron chi connectivity index (χ1n) is 10.4. The highest BCUT2D eigenvalue weighted by Gasteiger charge is 2.39. The number of nitrogens with zero attached hydrogens (tertiary/aromatic N) is 3. The number of pyridine rings is 1. The Hall–Kier alpha value is -2.97. The van der Waals surface area contributed by atoms with Gasteiger partial charge in [0.05, 0.1) is 22.2 Å². The van der Waals surface area contributed by atoms with Crippen molar-refractivity contribution in [2.45, 2.75) is 11.3 Å². The number of halogens is 5. The molecule has 0 radical (unpaired) electrons. The van der Waals surface area contributed by atoms with E-state index in [-0.39, 0.29) is 17.1 Å². The molecule has 2 aromatic carbocycles. The number of anilines is 1. The number of Topliss-reactive ketones (excluding diaryl/α,β-unsaturated/α-hetero) is 1. The molecule has 6 nitrogen and oxygen atoms in total. The van der Waals surface area contributed by atoms with Gasteiger partial charge in [0.1, 0.15) is 17.3 Å². The molecule has 1 amide bonds. The fraction of sp³-hybridized carbons (Fsp3) is 0.120. The third-order valence-corrected chi connectivity index (χ3v) is 6.42. The SMILES string of the molecule is CC(=O)N(CC(Cl)(Cl)C(=O)c1ccc(F)cc1)c1ncccc1-c1cc(-c2c(Cl)cccc2Cl)no1. The molecule has 36 heavy (non-hydrogen) atoms. The number of hydrogen-bond acceptors (Lipinski definition) is 5. The number of carbonyl (C=O) groups is 2. The van der Waals surface area contributed by atoms with Crippen LogP contribution in [0.15, 0.2) is 71.4 Å². The van der Waals surface area contributed by atoms with Crippen LogP contribution in [0.4, 0.5) is 10.2 Å². The van der Waals surface area contributed by atoms with Gasteiger partial charge in [-0.2, -0.15) is 0 Å². The zero-order valence-electron chi connectivity index (χ0n) is 18.5. The van der Waals surface area contributed by atoms with Gasteiger partial charge >= 0.3 is 0 Å². The van der Waals surface area contributed by atoms with Gasteiger partial charge < -0.3 is 4.52 Å². The minimum atomic E-state index is -2.06. The quantitative estimate of drug-likeness (QED) is 0.174. The zero-order valence-corrected chi connectivity index (χ0v) is 21.5. The van der Waals surface area contributed by atoms with Crippen LogP contribution >= 0.6 is 46.4 Å². The minimum Gasteiger partial charge on any atom is -0.356 e. The molecule has 11 heteroatoms. The van der Waals surface area contributed by atoms with Crippen LogP contribution in [0.5, 0.6) is 0 Å². The van der Waals surface area contributed by atoms with Crippen molar-refractivity contribution in [3.8, 4) is 22.6 Å². The number of benzene rings is 2. The third kappa shape index (κ3) is 5.39. The Bertz CT molecular complexity index is 1420. The van der Waals surface area contributed by atoms with Crippen LogP contribution in [0.3, 0.4) is 0 Å². The molecule has 2 heterocycles. The summed E-state index contributed by atoms with van der Waals surface area (Å²) in [5.41, 5.74) is 1.33. The van der Waals surface area contributed by atoms with Crippen molar-refractivity contribution in [1.82, 2.24) is 10.1 Å². The van der Waals surface area contributed by atoms with Crippen molar-refractivity contribution in [1.29, 1.82) is 0 Å². The largest absolute Gasteiger partial charge is 0.356 e. The summed E-state index contributed by atoms with van der Waals surface area (Å²) < 4.78 is 16.7. The molecule has 4 rings (SSSR count). The van der Waals surface area contributed by atoms with Gasteiger partial charge in [-0.05, 0) is 48.5 Å². The molecule has 4 aromatic rings. The highest BCUT2D eigenvalue weighted by atomic mass is 35.5. The highest BCUT2D eigenvalue weighted by molar-refractivity contribution is 6.60. The molecular weight excluding hydrogens is 551 g/mol. The molecule has 2 aromatic heterocycles. The van der Waals surface area contributed by atoms with E-state index >= 15 is 0 Å². The lowest BCUT2D eigenvalue weighted by Gasteiger charge is -2.28. The van der Waals surface area contributed by atoms with E-state index in [1.165, 1.54) is 25.3 Å². The lowest BCUT2D eigenvalue weighted by atomic mass is 10.1. The van der Waals surface area contributed by atoms with Crippen LogP contribution in [-0.4, -0.2) is 32.7 Å². The summed E-state index contributed by atoms with van der Waals surface area (Å²) in [4.78, 5) is 31.1. The summed E-state index contributed by atoms with van der Waals surface area (Å²) in [6.07, 6.45) is 1.46. The molecule has 0 bridgehead atoms. The highest BCUT2D eigenvalue weighted by Crippen LogP contribution is 2.38. The van der Waals surface area contributed by atoms with E-state index in [4.69, 9.17) is 50.9 Å². The predicted octanol–water partition coefficient (Wildman–Crippen LogP) is 7.26. The summed E-state index contributed by atoms with van der Waals surface area (Å²) in [5, 5.41) is 4.83. The van der Waals surface area contributed by atoms with Gasteiger partial charge in [-0.25, -0.2) is 9.37 Å². The van der Waals surface area contributed by atoms with E-state index in [1.54, 1.807) is 36.4 Å². The Balaban J connectivity index is 1.70. The van der Waals surface area contributed by atoms with Crippen molar-refractivity contribution < 1.29 is 18.5 Å². The fourth-order valence-corrected chi connectivity index (χ4v) is 4.53. The Labute approximate surface area is 225 Å². The smallest absolute Gasteiger partial charge is 0.225 e. The molecule has 0 aliphatic heterocycles. The van der Waals surface area contributed by atoms with Gasteiger partial charge in [-0.3, -0.25) is 14.5 Å². The van der Waals surface area contributed by atoms with E-state index in [0.29, 0.717) is 26.9 Å². The van der Waals surface area contributed by atoms with Crippen molar-refractivity contribution in [3.05, 3.63) is 88.3 Å². The Kier molecular flexibility index (Phi) is 7.66. The maximum Gasteiger partial charge on any atom is 0.225 e. The summed E-state index contributed by atoms with van der Waals surface area (Å²) in [6, 6.07) is 14.7. The van der Waals surface area contributed by atoms with Crippen molar-refractivity contribution in [2.75, 3.05) is 11.4 Å². The van der Waals surface area contributed by atoms with Gasteiger partial charge in [0, 0.05) is 30.3 Å². The summed E-state index contributed by atoms with van der Waals surface area (Å²) in [5.74, 6) is -1.31. The molecule has 0 spiro atoms. The molecule has 0 unspecified atom stereocenters. The molecule has 0 saturated heterocycles. The second-order valence-electron chi connectivity index (χ2n) is 7.69. The molecule has 0 atom stereocenters. The second-order valence-corrected chi connectivity index (χ2v) is 9.99. The van der Waals surface area contributed by atoms with E-state index in [9.17, 15) is 14.0 Å². The van der Waals surface area contributed by atoms with Gasteiger partial charge in [0.25, 0.3) is 0 Å². The zero-order chi connectivity index (χ0) is 26.0. The summed E-state index contributed by atoms with van der Waals surface area (Å²) >= 11 is 25.4. The maximum atomic E-state index is 13.3. The molecule has 0 aliphatic rings. The monoisotopic (exact) mass is 565 g/mol. The van der Waals surface area contributed by atoms with Crippen molar-refractivity contribution in [3.63, 3.8) is 0 Å². The van der Waals surface area contributed by atoms with E-state index in [1.807, 2.05) is 0 Å². The van der Waals surface area contributed by atoms with Crippen molar-refractivity contribution >= 4 is 63.9 Å². The predicted molar refractivity (Wildman–Crippen MR) is 138 cm³/mol. The summed E-state index contributed by atoms with van der Waals surface area (Å²) in [7, 11) is 0. The van der Waals surface area contributed by atoms with Crippen LogP contribution in [0.25, 0.3) is 22.6 Å². The van der Waals surface area contributed by atoms with E-state index < -0.39 is 28.4 Å². The Morgan fingerprint density at radius 1 is 1.03 bits per heavy atom. The fourth-order valence-electron chi connectivity index (χ4n) is 3.49. The first-order chi connectivity index (χ1) is 17.1. The first kappa shape index (κ1) is 26.1. The van der Waals surface area contributed by atoms with Gasteiger partial charge in [0.2, 0.25) is 11.7 Å². The van der Waals surface area contributed by atoms with Crippen molar-refractivity contribution in [2.24, 2.45) is 0 Å². The lowest BCUT2D eigenvalue weighted by molar-refractivity contribution is -0.116. The van der Waals surface area contributed by atoms with E-state index in [2.05, 4.69) is 10.1 Å².